The Balaban J connectivity index is 2.17. The summed E-state index contributed by atoms with van der Waals surface area (Å²) >= 11 is 2.42. The third kappa shape index (κ3) is 2.27. The fraction of sp³-hybridized carbons (Fsp3) is 0.308. The topological polar surface area (TPSA) is 74.3 Å². The predicted octanol–water partition coefficient (Wildman–Crippen LogP) is 2.70. The Morgan fingerprint density at radius 2 is 2.15 bits per heavy atom. The molecule has 2 N–H and O–H groups in total. The largest absolute Gasteiger partial charge is 0.312 e. The van der Waals surface area contributed by atoms with Crippen molar-refractivity contribution in [3.8, 4) is 0 Å². The number of rotatable bonds is 2. The van der Waals surface area contributed by atoms with E-state index < -0.39 is 0 Å². The van der Waals surface area contributed by atoms with Crippen molar-refractivity contribution in [3.05, 3.63) is 32.9 Å². The van der Waals surface area contributed by atoms with E-state index in [-0.39, 0.29) is 15.4 Å². The summed E-state index contributed by atoms with van der Waals surface area (Å²) < 4.78 is 0.932. The van der Waals surface area contributed by atoms with E-state index in [0.717, 1.165) is 33.5 Å². The number of benzene rings is 1. The second kappa shape index (κ2) is 5.06. The minimum absolute atomic E-state index is 0.00145. The van der Waals surface area contributed by atoms with Crippen LogP contribution in [0.4, 0.5) is 4.79 Å². The SMILES string of the molecule is CCc1cc(C2=NNC(=O)SC2C)cc2sc(=O)[nH]c12. The Morgan fingerprint density at radius 1 is 1.35 bits per heavy atom. The number of thioether (sulfide) groups is 1. The molecule has 2 heterocycles. The van der Waals surface area contributed by atoms with Crippen LogP contribution in [0.5, 0.6) is 0 Å². The standard InChI is InChI=1S/C13H13N3O2S2/c1-3-7-4-8(5-9-11(7)14-12(17)20-9)10-6(2)19-13(18)16-15-10/h4-6H,3H2,1-2H3,(H,14,17)(H,16,18). The zero-order valence-corrected chi connectivity index (χ0v) is 12.7. The van der Waals surface area contributed by atoms with E-state index in [0.29, 0.717) is 0 Å². The first-order valence-electron chi connectivity index (χ1n) is 6.28. The van der Waals surface area contributed by atoms with E-state index in [9.17, 15) is 9.59 Å². The van der Waals surface area contributed by atoms with Crippen LogP contribution in [0.2, 0.25) is 0 Å². The molecule has 0 aliphatic carbocycles. The van der Waals surface area contributed by atoms with Gasteiger partial charge >= 0.3 is 4.87 Å². The van der Waals surface area contributed by atoms with Crippen LogP contribution in [0.25, 0.3) is 10.2 Å². The van der Waals surface area contributed by atoms with Gasteiger partial charge in [0.2, 0.25) is 0 Å². The van der Waals surface area contributed by atoms with Crippen molar-refractivity contribution in [1.82, 2.24) is 10.4 Å². The second-order valence-electron chi connectivity index (χ2n) is 4.53. The van der Waals surface area contributed by atoms with Crippen molar-refractivity contribution in [2.45, 2.75) is 25.5 Å². The average Bonchev–Trinajstić information content (AvgIpc) is 2.77. The van der Waals surface area contributed by atoms with Crippen LogP contribution in [-0.4, -0.2) is 21.2 Å². The molecule has 0 radical (unpaired) electrons. The number of aromatic nitrogens is 1. The van der Waals surface area contributed by atoms with E-state index in [1.165, 1.54) is 23.1 Å². The smallest absolute Gasteiger partial charge is 0.305 e. The number of fused-ring (bicyclic) bond motifs is 1. The highest BCUT2D eigenvalue weighted by Crippen LogP contribution is 2.26. The molecular weight excluding hydrogens is 294 g/mol. The minimum atomic E-state index is -0.135. The van der Waals surface area contributed by atoms with Crippen molar-refractivity contribution >= 4 is 44.3 Å². The monoisotopic (exact) mass is 307 g/mol. The van der Waals surface area contributed by atoms with Gasteiger partial charge in [0.05, 0.1) is 21.2 Å². The maximum absolute atomic E-state index is 11.5. The van der Waals surface area contributed by atoms with Crippen LogP contribution >= 0.6 is 23.1 Å². The molecule has 5 nitrogen and oxygen atoms in total. The van der Waals surface area contributed by atoms with Gasteiger partial charge in [-0.1, -0.05) is 30.0 Å². The molecular formula is C13H13N3O2S2. The molecule has 1 unspecified atom stereocenters. The summed E-state index contributed by atoms with van der Waals surface area (Å²) in [6.07, 6.45) is 0.832. The molecule has 1 aliphatic rings. The number of thiazole rings is 1. The number of hydrazone groups is 1. The third-order valence-corrected chi connectivity index (χ3v) is 4.94. The number of aryl methyl sites for hydroxylation is 1. The molecule has 0 saturated heterocycles. The number of hydrogen-bond acceptors (Lipinski definition) is 5. The van der Waals surface area contributed by atoms with E-state index in [1.54, 1.807) is 0 Å². The molecule has 0 saturated carbocycles. The Bertz CT molecular complexity index is 776. The number of carbonyl (C=O) groups excluding carboxylic acids is 1. The van der Waals surface area contributed by atoms with E-state index in [4.69, 9.17) is 0 Å². The summed E-state index contributed by atoms with van der Waals surface area (Å²) in [6, 6.07) is 4.00. The molecule has 2 aromatic rings. The van der Waals surface area contributed by atoms with Gasteiger partial charge in [-0.3, -0.25) is 9.59 Å². The van der Waals surface area contributed by atoms with Gasteiger partial charge in [0.25, 0.3) is 5.24 Å². The van der Waals surface area contributed by atoms with Gasteiger partial charge in [0, 0.05) is 5.56 Å². The van der Waals surface area contributed by atoms with Gasteiger partial charge < -0.3 is 4.98 Å². The summed E-state index contributed by atoms with van der Waals surface area (Å²) in [5, 5.41) is 4.03. The van der Waals surface area contributed by atoms with Crippen LogP contribution in [0.15, 0.2) is 22.0 Å². The minimum Gasteiger partial charge on any atom is -0.312 e. The summed E-state index contributed by atoms with van der Waals surface area (Å²) in [6.45, 7) is 4.01. The van der Waals surface area contributed by atoms with Gasteiger partial charge in [-0.2, -0.15) is 5.10 Å². The first-order valence-corrected chi connectivity index (χ1v) is 7.98. The highest BCUT2D eigenvalue weighted by Gasteiger charge is 2.23. The molecule has 1 aromatic heterocycles. The van der Waals surface area contributed by atoms with Gasteiger partial charge in [-0.25, -0.2) is 5.43 Å². The zero-order valence-electron chi connectivity index (χ0n) is 11.0. The number of nitrogens with one attached hydrogen (secondary N) is 2. The molecule has 3 rings (SSSR count). The first-order chi connectivity index (χ1) is 9.58. The van der Waals surface area contributed by atoms with Gasteiger partial charge in [0.1, 0.15) is 0 Å². The molecule has 0 fully saturated rings. The molecule has 0 spiro atoms. The predicted molar refractivity (Wildman–Crippen MR) is 83.9 cm³/mol. The molecule has 1 atom stereocenters. The maximum atomic E-state index is 11.5. The summed E-state index contributed by atoms with van der Waals surface area (Å²) in [4.78, 5) is 25.6. The van der Waals surface area contributed by atoms with Gasteiger partial charge in [-0.15, -0.1) is 0 Å². The summed E-state index contributed by atoms with van der Waals surface area (Å²) in [7, 11) is 0. The Hall–Kier alpha value is -1.60. The molecule has 20 heavy (non-hydrogen) atoms. The number of hydrogen-bond donors (Lipinski definition) is 2. The van der Waals surface area contributed by atoms with Crippen LogP contribution in [-0.2, 0) is 6.42 Å². The van der Waals surface area contributed by atoms with Crippen molar-refractivity contribution in [2.75, 3.05) is 0 Å². The molecule has 1 amide bonds. The number of carbonyl (C=O) groups is 1. The Labute approximate surface area is 123 Å². The summed E-state index contributed by atoms with van der Waals surface area (Å²) in [5.41, 5.74) is 6.30. The quantitative estimate of drug-likeness (QED) is 0.896. The van der Waals surface area contributed by atoms with Crippen LogP contribution in [0.3, 0.4) is 0 Å². The fourth-order valence-corrected chi connectivity index (χ4v) is 3.83. The third-order valence-electron chi connectivity index (χ3n) is 3.23. The highest BCUT2D eigenvalue weighted by molar-refractivity contribution is 8.14. The number of aromatic amines is 1. The van der Waals surface area contributed by atoms with Crippen LogP contribution < -0.4 is 10.3 Å². The molecule has 104 valence electrons. The van der Waals surface area contributed by atoms with Gasteiger partial charge in [-0.05, 0) is 31.0 Å². The molecule has 1 aromatic carbocycles. The van der Waals surface area contributed by atoms with Crippen molar-refractivity contribution < 1.29 is 4.79 Å². The number of H-pyrrole nitrogens is 1. The maximum Gasteiger partial charge on any atom is 0.305 e. The fourth-order valence-electron chi connectivity index (χ4n) is 2.29. The van der Waals surface area contributed by atoms with Crippen molar-refractivity contribution in [1.29, 1.82) is 0 Å². The lowest BCUT2D eigenvalue weighted by Gasteiger charge is -2.19. The lowest BCUT2D eigenvalue weighted by atomic mass is 10.0. The van der Waals surface area contributed by atoms with Crippen LogP contribution in [0.1, 0.15) is 25.0 Å². The Kier molecular flexibility index (Phi) is 3.39. The van der Waals surface area contributed by atoms with Crippen LogP contribution in [0, 0.1) is 0 Å². The Morgan fingerprint density at radius 3 is 2.85 bits per heavy atom. The van der Waals surface area contributed by atoms with E-state index in [1.807, 2.05) is 19.1 Å². The van der Waals surface area contributed by atoms with Crippen molar-refractivity contribution in [3.63, 3.8) is 0 Å². The average molecular weight is 307 g/mol. The van der Waals surface area contributed by atoms with Crippen molar-refractivity contribution in [2.24, 2.45) is 5.10 Å². The lowest BCUT2D eigenvalue weighted by molar-refractivity contribution is 0.261. The normalized spacial score (nSPS) is 19.0. The second-order valence-corrected chi connectivity index (χ2v) is 6.86. The highest BCUT2D eigenvalue weighted by atomic mass is 32.2. The van der Waals surface area contributed by atoms with Gasteiger partial charge in [0.15, 0.2) is 0 Å². The van der Waals surface area contributed by atoms with E-state index in [2.05, 4.69) is 22.4 Å². The summed E-state index contributed by atoms with van der Waals surface area (Å²) in [5.74, 6) is 0. The molecule has 1 aliphatic heterocycles. The number of amides is 1. The molecule has 0 bridgehead atoms. The van der Waals surface area contributed by atoms with E-state index >= 15 is 0 Å². The molecule has 7 heteroatoms. The number of nitrogens with zero attached hydrogens (tertiary/aromatic N) is 1. The lowest BCUT2D eigenvalue weighted by Crippen LogP contribution is -2.29. The first kappa shape index (κ1) is 13.4. The zero-order chi connectivity index (χ0) is 14.3.